The van der Waals surface area contributed by atoms with Crippen LogP contribution in [0.5, 0.6) is 0 Å². The van der Waals surface area contributed by atoms with Gasteiger partial charge in [-0.1, -0.05) is 23.8 Å². The van der Waals surface area contributed by atoms with Gasteiger partial charge in [0, 0.05) is 22.8 Å². The summed E-state index contributed by atoms with van der Waals surface area (Å²) >= 11 is 1.42. The summed E-state index contributed by atoms with van der Waals surface area (Å²) in [6, 6.07) is 9.84. The Morgan fingerprint density at radius 1 is 1.13 bits per heavy atom. The molecule has 0 fully saturated rings. The molecule has 0 spiro atoms. The number of carbonyl (C=O) groups is 1. The molecule has 1 aromatic carbocycles. The molecule has 1 N–H and O–H groups in total. The van der Waals surface area contributed by atoms with Crippen LogP contribution < -0.4 is 5.32 Å². The summed E-state index contributed by atoms with van der Waals surface area (Å²) in [7, 11) is 0. The number of carbonyl (C=O) groups excluding carboxylic acids is 1. The van der Waals surface area contributed by atoms with E-state index in [0.29, 0.717) is 10.7 Å². The van der Waals surface area contributed by atoms with Crippen LogP contribution in [0.15, 0.2) is 41.9 Å². The molecular weight excluding hydrogens is 306 g/mol. The van der Waals surface area contributed by atoms with E-state index in [1.807, 2.05) is 18.4 Å². The lowest BCUT2D eigenvalue weighted by Crippen LogP contribution is -2.12. The number of aromatic nitrogens is 2. The highest BCUT2D eigenvalue weighted by atomic mass is 32.1. The second kappa shape index (κ2) is 6.30. The zero-order valence-corrected chi connectivity index (χ0v) is 14.1. The summed E-state index contributed by atoms with van der Waals surface area (Å²) in [5, 5.41) is 5.37. The number of pyridine rings is 1. The highest BCUT2D eigenvalue weighted by Gasteiger charge is 2.11. The first kappa shape index (κ1) is 15.4. The quantitative estimate of drug-likeness (QED) is 0.778. The number of thiazole rings is 1. The highest BCUT2D eigenvalue weighted by molar-refractivity contribution is 7.14. The standard InChI is InChI=1S/C18H17N3OS/c1-11-4-7-15(12(2)8-11)16-10-23-18(20-16)21-17(22)14-6-5-13(3)19-9-14/h4-10H,1-3H3,(H,20,21,22). The molecule has 23 heavy (non-hydrogen) atoms. The Kier molecular flexibility index (Phi) is 4.21. The first-order valence-corrected chi connectivity index (χ1v) is 8.18. The van der Waals surface area contributed by atoms with E-state index in [9.17, 15) is 4.79 Å². The van der Waals surface area contributed by atoms with E-state index in [1.54, 1.807) is 12.3 Å². The van der Waals surface area contributed by atoms with E-state index in [0.717, 1.165) is 17.0 Å². The number of hydrogen-bond donors (Lipinski definition) is 1. The summed E-state index contributed by atoms with van der Waals surface area (Å²) in [6.07, 6.45) is 1.57. The van der Waals surface area contributed by atoms with E-state index >= 15 is 0 Å². The van der Waals surface area contributed by atoms with Crippen LogP contribution in [-0.2, 0) is 0 Å². The molecule has 4 nitrogen and oxygen atoms in total. The molecule has 3 aromatic rings. The van der Waals surface area contributed by atoms with Gasteiger partial charge in [0.2, 0.25) is 0 Å². The zero-order valence-electron chi connectivity index (χ0n) is 13.3. The lowest BCUT2D eigenvalue weighted by molar-refractivity contribution is 0.102. The van der Waals surface area contributed by atoms with Crippen LogP contribution in [-0.4, -0.2) is 15.9 Å². The molecule has 0 atom stereocenters. The third kappa shape index (κ3) is 3.46. The Morgan fingerprint density at radius 3 is 2.65 bits per heavy atom. The van der Waals surface area contributed by atoms with Crippen molar-refractivity contribution < 1.29 is 4.79 Å². The summed E-state index contributed by atoms with van der Waals surface area (Å²) < 4.78 is 0. The maximum absolute atomic E-state index is 12.2. The lowest BCUT2D eigenvalue weighted by atomic mass is 10.0. The second-order valence-electron chi connectivity index (χ2n) is 5.50. The number of nitrogens with zero attached hydrogens (tertiary/aromatic N) is 2. The maximum atomic E-state index is 12.2. The van der Waals surface area contributed by atoms with Crippen molar-refractivity contribution in [3.8, 4) is 11.3 Å². The van der Waals surface area contributed by atoms with Crippen molar-refractivity contribution in [2.45, 2.75) is 20.8 Å². The van der Waals surface area contributed by atoms with Gasteiger partial charge in [-0.3, -0.25) is 15.1 Å². The molecule has 0 saturated carbocycles. The van der Waals surface area contributed by atoms with Gasteiger partial charge in [0.15, 0.2) is 5.13 Å². The highest BCUT2D eigenvalue weighted by Crippen LogP contribution is 2.28. The van der Waals surface area contributed by atoms with Crippen LogP contribution in [0, 0.1) is 20.8 Å². The Labute approximate surface area is 139 Å². The van der Waals surface area contributed by atoms with Crippen LogP contribution in [0.1, 0.15) is 27.2 Å². The minimum absolute atomic E-state index is 0.195. The molecule has 1 amide bonds. The topological polar surface area (TPSA) is 54.9 Å². The minimum Gasteiger partial charge on any atom is -0.298 e. The number of rotatable bonds is 3. The van der Waals surface area contributed by atoms with Gasteiger partial charge < -0.3 is 0 Å². The summed E-state index contributed by atoms with van der Waals surface area (Å²) in [5.41, 5.74) is 5.78. The van der Waals surface area contributed by atoms with Crippen molar-refractivity contribution in [3.63, 3.8) is 0 Å². The molecule has 2 aromatic heterocycles. The molecule has 0 radical (unpaired) electrons. The monoisotopic (exact) mass is 323 g/mol. The first-order chi connectivity index (χ1) is 11.0. The van der Waals surface area contributed by atoms with Gasteiger partial charge in [-0.2, -0.15) is 0 Å². The van der Waals surface area contributed by atoms with Crippen LogP contribution >= 0.6 is 11.3 Å². The van der Waals surface area contributed by atoms with E-state index in [1.165, 1.54) is 22.5 Å². The molecule has 2 heterocycles. The predicted molar refractivity (Wildman–Crippen MR) is 94.0 cm³/mol. The van der Waals surface area contributed by atoms with E-state index in [2.05, 4.69) is 47.3 Å². The fraction of sp³-hybridized carbons (Fsp3) is 0.167. The molecule has 0 aliphatic carbocycles. The molecule has 0 aliphatic rings. The Hall–Kier alpha value is -2.53. The lowest BCUT2D eigenvalue weighted by Gasteiger charge is -2.04. The summed E-state index contributed by atoms with van der Waals surface area (Å²) in [5.74, 6) is -0.195. The van der Waals surface area contributed by atoms with E-state index in [4.69, 9.17) is 0 Å². The van der Waals surface area contributed by atoms with Crippen LogP contribution in [0.25, 0.3) is 11.3 Å². The maximum Gasteiger partial charge on any atom is 0.259 e. The molecule has 0 unspecified atom stereocenters. The predicted octanol–water partition coefficient (Wildman–Crippen LogP) is 4.38. The van der Waals surface area contributed by atoms with Gasteiger partial charge in [-0.25, -0.2) is 4.98 Å². The van der Waals surface area contributed by atoms with Crippen molar-refractivity contribution in [2.75, 3.05) is 5.32 Å². The summed E-state index contributed by atoms with van der Waals surface area (Å²) in [4.78, 5) is 20.9. The molecule has 0 saturated heterocycles. The van der Waals surface area contributed by atoms with Crippen molar-refractivity contribution in [2.24, 2.45) is 0 Å². The Balaban J connectivity index is 1.79. The zero-order chi connectivity index (χ0) is 16.4. The number of aryl methyl sites for hydroxylation is 3. The number of anilines is 1. The smallest absolute Gasteiger partial charge is 0.259 e. The fourth-order valence-corrected chi connectivity index (χ4v) is 3.03. The molecule has 0 bridgehead atoms. The number of nitrogens with one attached hydrogen (secondary N) is 1. The van der Waals surface area contributed by atoms with Crippen molar-refractivity contribution >= 4 is 22.4 Å². The van der Waals surface area contributed by atoms with Gasteiger partial charge in [0.25, 0.3) is 5.91 Å². The van der Waals surface area contributed by atoms with Gasteiger partial charge >= 0.3 is 0 Å². The number of amides is 1. The fourth-order valence-electron chi connectivity index (χ4n) is 2.33. The van der Waals surface area contributed by atoms with Crippen molar-refractivity contribution in [1.29, 1.82) is 0 Å². The third-order valence-electron chi connectivity index (χ3n) is 3.56. The average Bonchev–Trinajstić information content (AvgIpc) is 2.96. The number of benzene rings is 1. The molecule has 3 rings (SSSR count). The van der Waals surface area contributed by atoms with Gasteiger partial charge in [0.05, 0.1) is 11.3 Å². The normalized spacial score (nSPS) is 10.6. The van der Waals surface area contributed by atoms with Crippen molar-refractivity contribution in [1.82, 2.24) is 9.97 Å². The Morgan fingerprint density at radius 2 is 1.96 bits per heavy atom. The third-order valence-corrected chi connectivity index (χ3v) is 4.31. The molecular formula is C18H17N3OS. The van der Waals surface area contributed by atoms with Crippen molar-refractivity contribution in [3.05, 3.63) is 64.3 Å². The summed E-state index contributed by atoms with van der Waals surface area (Å²) in [6.45, 7) is 6.02. The van der Waals surface area contributed by atoms with Crippen LogP contribution in [0.4, 0.5) is 5.13 Å². The van der Waals surface area contributed by atoms with Gasteiger partial charge in [-0.15, -0.1) is 11.3 Å². The molecule has 0 aliphatic heterocycles. The van der Waals surface area contributed by atoms with Gasteiger partial charge in [0.1, 0.15) is 0 Å². The molecule has 116 valence electrons. The van der Waals surface area contributed by atoms with E-state index < -0.39 is 0 Å². The number of hydrogen-bond acceptors (Lipinski definition) is 4. The molecule has 5 heteroatoms. The average molecular weight is 323 g/mol. The first-order valence-electron chi connectivity index (χ1n) is 7.30. The van der Waals surface area contributed by atoms with E-state index in [-0.39, 0.29) is 5.91 Å². The Bertz CT molecular complexity index is 853. The SMILES string of the molecule is Cc1ccc(-c2csc(NC(=O)c3ccc(C)nc3)n2)c(C)c1. The van der Waals surface area contributed by atoms with Crippen LogP contribution in [0.3, 0.4) is 0 Å². The van der Waals surface area contributed by atoms with Crippen LogP contribution in [0.2, 0.25) is 0 Å². The van der Waals surface area contributed by atoms with Gasteiger partial charge in [-0.05, 0) is 38.5 Å². The largest absolute Gasteiger partial charge is 0.298 e. The second-order valence-corrected chi connectivity index (χ2v) is 6.36. The minimum atomic E-state index is -0.195.